The van der Waals surface area contributed by atoms with Crippen molar-refractivity contribution in [3.63, 3.8) is 0 Å². The molecule has 1 heterocycles. The van der Waals surface area contributed by atoms with E-state index in [4.69, 9.17) is 10.5 Å². The molecule has 0 spiro atoms. The number of amides is 3. The number of hydrogen-bond donors (Lipinski definition) is 2. The van der Waals surface area contributed by atoms with Gasteiger partial charge in [-0.15, -0.1) is 0 Å². The molecule has 0 aromatic heterocycles. The number of rotatable bonds is 31. The Bertz CT molecular complexity index is 2100. The van der Waals surface area contributed by atoms with E-state index in [0.29, 0.717) is 44.1 Å². The Morgan fingerprint density at radius 3 is 1.96 bits per heavy atom. The normalized spacial score (nSPS) is 21.1. The van der Waals surface area contributed by atoms with Crippen molar-refractivity contribution in [3.05, 3.63) is 71.8 Å². The predicted octanol–water partition coefficient (Wildman–Crippen LogP) is 9.24. The number of carbonyl (C=O) groups is 9. The van der Waals surface area contributed by atoms with Gasteiger partial charge in [0.05, 0.1) is 24.8 Å². The van der Waals surface area contributed by atoms with Crippen LogP contribution in [-0.4, -0.2) is 82.1 Å². The molecule has 3 N–H and O–H groups in total. The van der Waals surface area contributed by atoms with E-state index in [1.54, 1.807) is 17.0 Å². The molecule has 3 amide bonds. The largest absolute Gasteiger partial charge is 0.372 e. The van der Waals surface area contributed by atoms with Gasteiger partial charge in [0.2, 0.25) is 23.5 Å². The molecule has 2 aromatic carbocycles. The quantitative estimate of drug-likeness (QED) is 0.0541. The van der Waals surface area contributed by atoms with Gasteiger partial charge in [0.1, 0.15) is 5.78 Å². The zero-order valence-electron chi connectivity index (χ0n) is 42.8. The highest BCUT2D eigenvalue weighted by atomic mass is 16.5. The maximum Gasteiger partial charge on any atom is 0.227 e. The Kier molecular flexibility index (Phi) is 23.5. The standard InChI is InChI=1S/C58H81N3O10/c1-4-7-23-43(57(59)69)34-52(64)48(30-8-5-2)60-54(66)32-31-50(62)56(68)42(20-6-3)33-53(65)49-35-44(71-38-39-21-12-9-13-22-39)37-61(49)58(70)47(40-24-14-10-15-25-40)36-51(63)45-28-18-19-29-46(45)55(67)41-26-16-11-17-27-41/h9,11-13,16-17,21-22,26-27,40,42-49H,4-8,10,14-15,18-20,23-25,28-38H2,1-3H3,(H2,59,69)(H,60,66)/t42?,43?,44-,45+,46+,47?,48?,49+/m1/s1. The first-order valence-electron chi connectivity index (χ1n) is 27.0. The van der Waals surface area contributed by atoms with Gasteiger partial charge in [0.25, 0.3) is 0 Å². The van der Waals surface area contributed by atoms with Crippen molar-refractivity contribution >= 4 is 52.4 Å². The van der Waals surface area contributed by atoms with Gasteiger partial charge in [-0.05, 0) is 56.4 Å². The highest BCUT2D eigenvalue weighted by Gasteiger charge is 2.46. The predicted molar refractivity (Wildman–Crippen MR) is 272 cm³/mol. The van der Waals surface area contributed by atoms with E-state index in [9.17, 15) is 38.4 Å². The van der Waals surface area contributed by atoms with Gasteiger partial charge in [-0.3, -0.25) is 43.2 Å². The van der Waals surface area contributed by atoms with Crippen LogP contribution in [0.1, 0.15) is 184 Å². The van der Waals surface area contributed by atoms with Crippen molar-refractivity contribution in [3.8, 4) is 0 Å². The molecular weight excluding hydrogens is 899 g/mol. The van der Waals surface area contributed by atoms with E-state index in [1.807, 2.05) is 69.3 Å². The lowest BCUT2D eigenvalue weighted by Crippen LogP contribution is -2.47. The molecule has 4 unspecified atom stereocenters. The summed E-state index contributed by atoms with van der Waals surface area (Å²) in [4.78, 5) is 126. The highest BCUT2D eigenvalue weighted by molar-refractivity contribution is 6.38. The zero-order chi connectivity index (χ0) is 51.3. The first-order chi connectivity index (χ1) is 34.3. The molecule has 388 valence electrons. The van der Waals surface area contributed by atoms with E-state index in [1.165, 1.54) is 0 Å². The van der Waals surface area contributed by atoms with Crippen LogP contribution < -0.4 is 11.1 Å². The van der Waals surface area contributed by atoms with Crippen LogP contribution in [0.4, 0.5) is 0 Å². The van der Waals surface area contributed by atoms with E-state index >= 15 is 4.79 Å². The number of hydrogen-bond acceptors (Lipinski definition) is 10. The minimum Gasteiger partial charge on any atom is -0.372 e. The number of nitrogens with zero attached hydrogens (tertiary/aromatic N) is 1. The van der Waals surface area contributed by atoms with Gasteiger partial charge < -0.3 is 20.7 Å². The van der Waals surface area contributed by atoms with Crippen molar-refractivity contribution in [2.45, 2.75) is 193 Å². The number of ether oxygens (including phenoxy) is 1. The minimum atomic E-state index is -0.974. The third kappa shape index (κ3) is 17.0. The van der Waals surface area contributed by atoms with Crippen molar-refractivity contribution in [2.24, 2.45) is 41.2 Å². The average molecular weight is 980 g/mol. The summed E-state index contributed by atoms with van der Waals surface area (Å²) in [6.07, 6.45) is 10.5. The zero-order valence-corrected chi connectivity index (χ0v) is 42.8. The molecule has 13 nitrogen and oxygen atoms in total. The third-order valence-corrected chi connectivity index (χ3v) is 15.4. The minimum absolute atomic E-state index is 0.0148. The summed E-state index contributed by atoms with van der Waals surface area (Å²) in [5.41, 5.74) is 7.11. The molecule has 71 heavy (non-hydrogen) atoms. The van der Waals surface area contributed by atoms with Crippen LogP contribution in [0.25, 0.3) is 0 Å². The Morgan fingerprint density at radius 2 is 1.31 bits per heavy atom. The Balaban J connectivity index is 1.31. The molecule has 3 aliphatic rings. The van der Waals surface area contributed by atoms with Gasteiger partial charge in [-0.25, -0.2) is 0 Å². The molecule has 0 radical (unpaired) electrons. The topological polar surface area (TPSA) is 204 Å². The number of ketones is 6. The number of carbonyl (C=O) groups excluding carboxylic acids is 9. The van der Waals surface area contributed by atoms with E-state index in [-0.39, 0.29) is 86.6 Å². The number of unbranched alkanes of at least 4 members (excludes halogenated alkanes) is 2. The average Bonchev–Trinajstić information content (AvgIpc) is 3.83. The molecule has 3 fully saturated rings. The van der Waals surface area contributed by atoms with Crippen LogP contribution in [0.5, 0.6) is 0 Å². The van der Waals surface area contributed by atoms with Gasteiger partial charge >= 0.3 is 0 Å². The molecule has 0 bridgehead atoms. The highest BCUT2D eigenvalue weighted by Crippen LogP contribution is 2.40. The number of benzene rings is 2. The molecule has 1 saturated heterocycles. The molecule has 2 saturated carbocycles. The Hall–Kier alpha value is -5.17. The Morgan fingerprint density at radius 1 is 0.676 bits per heavy atom. The van der Waals surface area contributed by atoms with Gasteiger partial charge in [-0.2, -0.15) is 0 Å². The first-order valence-corrected chi connectivity index (χ1v) is 27.0. The van der Waals surface area contributed by atoms with Crippen LogP contribution >= 0.6 is 0 Å². The molecule has 2 aromatic rings. The fourth-order valence-electron chi connectivity index (χ4n) is 11.3. The van der Waals surface area contributed by atoms with Crippen molar-refractivity contribution in [2.75, 3.05) is 6.54 Å². The fourth-order valence-corrected chi connectivity index (χ4v) is 11.3. The van der Waals surface area contributed by atoms with E-state index in [0.717, 1.165) is 69.8 Å². The van der Waals surface area contributed by atoms with Crippen molar-refractivity contribution in [1.29, 1.82) is 0 Å². The monoisotopic (exact) mass is 980 g/mol. The summed E-state index contributed by atoms with van der Waals surface area (Å²) in [5, 5.41) is 2.74. The second-order valence-corrected chi connectivity index (χ2v) is 20.7. The van der Waals surface area contributed by atoms with Gasteiger partial charge in [0.15, 0.2) is 23.1 Å². The van der Waals surface area contributed by atoms with Crippen LogP contribution in [0.2, 0.25) is 0 Å². The van der Waals surface area contributed by atoms with E-state index < -0.39 is 77.6 Å². The lowest BCUT2D eigenvalue weighted by molar-refractivity contribution is -0.146. The first kappa shape index (κ1) is 56.7. The summed E-state index contributed by atoms with van der Waals surface area (Å²) in [5.74, 6) is -7.06. The molecule has 8 atom stereocenters. The lowest BCUT2D eigenvalue weighted by Gasteiger charge is -2.36. The Labute approximate surface area is 421 Å². The van der Waals surface area contributed by atoms with Crippen LogP contribution in [0.3, 0.4) is 0 Å². The molecule has 5 rings (SSSR count). The summed E-state index contributed by atoms with van der Waals surface area (Å²) >= 11 is 0. The number of likely N-dealkylation sites (tertiary alicyclic amines) is 1. The number of nitrogens with one attached hydrogen (secondary N) is 1. The van der Waals surface area contributed by atoms with Crippen LogP contribution in [0, 0.1) is 35.5 Å². The smallest absolute Gasteiger partial charge is 0.227 e. The van der Waals surface area contributed by atoms with Crippen molar-refractivity contribution in [1.82, 2.24) is 10.2 Å². The number of primary amides is 1. The molecular formula is C58H81N3O10. The molecule has 2 aliphatic carbocycles. The van der Waals surface area contributed by atoms with Crippen molar-refractivity contribution < 1.29 is 47.9 Å². The summed E-state index contributed by atoms with van der Waals surface area (Å²) < 4.78 is 6.38. The third-order valence-electron chi connectivity index (χ3n) is 15.4. The van der Waals surface area contributed by atoms with Crippen LogP contribution in [-0.2, 0) is 49.7 Å². The summed E-state index contributed by atoms with van der Waals surface area (Å²) in [6, 6.07) is 16.9. The number of nitrogens with two attached hydrogens (primary N) is 1. The van der Waals surface area contributed by atoms with Gasteiger partial charge in [-0.1, -0.05) is 146 Å². The lowest BCUT2D eigenvalue weighted by atomic mass is 9.70. The second-order valence-electron chi connectivity index (χ2n) is 20.7. The summed E-state index contributed by atoms with van der Waals surface area (Å²) in [6.45, 7) is 6.18. The van der Waals surface area contributed by atoms with Crippen LogP contribution in [0.15, 0.2) is 60.7 Å². The SMILES string of the molecule is CCCCC(CC(=O)C(CCCC)NC(=O)CCC(=O)C(=O)C(CCC)CC(=O)[C@@H]1C[C@@H](OCc2ccccc2)CN1C(=O)C(CC(=O)[C@H]1CCCC[C@@H]1C(=O)c1ccccc1)C1CCCCC1)C(N)=O. The summed E-state index contributed by atoms with van der Waals surface area (Å²) in [7, 11) is 0. The van der Waals surface area contributed by atoms with Gasteiger partial charge in [0, 0.05) is 80.2 Å². The number of Topliss-reactive ketones (excluding diaryl/α,β-unsaturated/α-hetero) is 6. The molecule has 13 heteroatoms. The maximum atomic E-state index is 15.2. The maximum absolute atomic E-state index is 15.2. The second kappa shape index (κ2) is 29.4. The molecule has 1 aliphatic heterocycles. The fraction of sp³-hybridized carbons (Fsp3) is 0.638. The van der Waals surface area contributed by atoms with E-state index in [2.05, 4.69) is 5.32 Å².